The Bertz CT molecular complexity index is 303. The van der Waals surface area contributed by atoms with Crippen LogP contribution in [0.3, 0.4) is 0 Å². The summed E-state index contributed by atoms with van der Waals surface area (Å²) >= 11 is 0. The number of carbonyl (C=O) groups is 1. The second-order valence-electron chi connectivity index (χ2n) is 6.72. The number of rotatable bonds is 4. The Morgan fingerprint density at radius 2 is 1.89 bits per heavy atom. The fourth-order valence-electron chi connectivity index (χ4n) is 3.41. The maximum absolute atomic E-state index is 12.1. The van der Waals surface area contributed by atoms with Crippen LogP contribution < -0.4 is 11.1 Å². The number of likely N-dealkylation sites (tertiary alicyclic amines) is 1. The molecular formula is C15H29N3O. The average molecular weight is 267 g/mol. The minimum Gasteiger partial charge on any atom is -0.353 e. The normalized spacial score (nSPS) is 24.8. The first-order chi connectivity index (χ1) is 8.98. The zero-order valence-electron chi connectivity index (χ0n) is 12.5. The summed E-state index contributed by atoms with van der Waals surface area (Å²) in [7, 11) is 0. The Hall–Kier alpha value is -0.610. The van der Waals surface area contributed by atoms with Gasteiger partial charge in [-0.05, 0) is 39.5 Å². The first-order valence-corrected chi connectivity index (χ1v) is 7.81. The van der Waals surface area contributed by atoms with Crippen molar-refractivity contribution < 1.29 is 4.79 Å². The summed E-state index contributed by atoms with van der Waals surface area (Å²) in [5.41, 5.74) is 6.04. The largest absolute Gasteiger partial charge is 0.353 e. The quantitative estimate of drug-likeness (QED) is 0.814. The molecule has 0 spiro atoms. The second kappa shape index (κ2) is 6.23. The number of nitrogens with zero attached hydrogens (tertiary/aromatic N) is 1. The zero-order chi connectivity index (χ0) is 13.9. The number of carbonyl (C=O) groups excluding carboxylic acids is 1. The highest BCUT2D eigenvalue weighted by Gasteiger charge is 2.32. The van der Waals surface area contributed by atoms with Gasteiger partial charge in [0.05, 0.1) is 0 Å². The van der Waals surface area contributed by atoms with E-state index >= 15 is 0 Å². The summed E-state index contributed by atoms with van der Waals surface area (Å²) in [5, 5.41) is 3.18. The van der Waals surface area contributed by atoms with E-state index < -0.39 is 0 Å². The lowest BCUT2D eigenvalue weighted by molar-refractivity contribution is -0.123. The number of nitrogens with one attached hydrogen (secondary N) is 1. The molecule has 1 amide bonds. The van der Waals surface area contributed by atoms with Crippen LogP contribution in [-0.2, 0) is 4.79 Å². The molecule has 1 saturated carbocycles. The molecule has 0 aromatic heterocycles. The highest BCUT2D eigenvalue weighted by atomic mass is 16.1. The standard InChI is InChI=1S/C15H29N3O/c1-12(2)18-9-5-13(6-10-18)17-14(19)11-15(16)7-3-4-8-15/h12-13H,3-11,16H2,1-2H3,(H,17,19). The van der Waals surface area contributed by atoms with Gasteiger partial charge in [-0.25, -0.2) is 0 Å². The second-order valence-corrected chi connectivity index (χ2v) is 6.72. The lowest BCUT2D eigenvalue weighted by Crippen LogP contribution is -2.49. The fourth-order valence-corrected chi connectivity index (χ4v) is 3.41. The third-order valence-electron chi connectivity index (χ3n) is 4.74. The van der Waals surface area contributed by atoms with Gasteiger partial charge in [-0.1, -0.05) is 12.8 Å². The molecule has 2 fully saturated rings. The molecule has 1 saturated heterocycles. The van der Waals surface area contributed by atoms with Crippen molar-refractivity contribution >= 4 is 5.91 Å². The van der Waals surface area contributed by atoms with E-state index in [9.17, 15) is 4.79 Å². The molecule has 2 aliphatic rings. The number of piperidine rings is 1. The lowest BCUT2D eigenvalue weighted by Gasteiger charge is -2.35. The van der Waals surface area contributed by atoms with Gasteiger partial charge in [0.2, 0.25) is 5.91 Å². The van der Waals surface area contributed by atoms with E-state index in [-0.39, 0.29) is 11.4 Å². The Morgan fingerprint density at radius 1 is 1.32 bits per heavy atom. The third-order valence-corrected chi connectivity index (χ3v) is 4.74. The number of amides is 1. The predicted octanol–water partition coefficient (Wildman–Crippen LogP) is 1.64. The Balaban J connectivity index is 1.72. The first-order valence-electron chi connectivity index (χ1n) is 7.81. The molecule has 0 bridgehead atoms. The van der Waals surface area contributed by atoms with Crippen molar-refractivity contribution in [2.24, 2.45) is 5.73 Å². The molecule has 2 rings (SSSR count). The molecular weight excluding hydrogens is 238 g/mol. The van der Waals surface area contributed by atoms with Crippen LogP contribution in [0.4, 0.5) is 0 Å². The van der Waals surface area contributed by atoms with Crippen molar-refractivity contribution in [1.82, 2.24) is 10.2 Å². The first kappa shape index (κ1) is 14.8. The maximum atomic E-state index is 12.1. The molecule has 4 nitrogen and oxygen atoms in total. The Kier molecular flexibility index (Phi) is 4.85. The SMILES string of the molecule is CC(C)N1CCC(NC(=O)CC2(N)CCCC2)CC1. The van der Waals surface area contributed by atoms with Crippen LogP contribution >= 0.6 is 0 Å². The zero-order valence-corrected chi connectivity index (χ0v) is 12.5. The van der Waals surface area contributed by atoms with E-state index in [0.29, 0.717) is 18.5 Å². The monoisotopic (exact) mass is 267 g/mol. The minimum atomic E-state index is -0.220. The molecule has 110 valence electrons. The summed E-state index contributed by atoms with van der Waals surface area (Å²) in [6, 6.07) is 0.968. The van der Waals surface area contributed by atoms with Gasteiger partial charge in [-0.2, -0.15) is 0 Å². The smallest absolute Gasteiger partial charge is 0.222 e. The number of hydrogen-bond donors (Lipinski definition) is 2. The molecule has 3 N–H and O–H groups in total. The highest BCUT2D eigenvalue weighted by Crippen LogP contribution is 2.30. The van der Waals surface area contributed by atoms with E-state index in [1.54, 1.807) is 0 Å². The predicted molar refractivity (Wildman–Crippen MR) is 77.9 cm³/mol. The van der Waals surface area contributed by atoms with Crippen LogP contribution in [0.15, 0.2) is 0 Å². The van der Waals surface area contributed by atoms with Crippen LogP contribution in [0, 0.1) is 0 Å². The van der Waals surface area contributed by atoms with Gasteiger partial charge in [0.25, 0.3) is 0 Å². The fraction of sp³-hybridized carbons (Fsp3) is 0.933. The molecule has 4 heteroatoms. The molecule has 0 aromatic rings. The van der Waals surface area contributed by atoms with Crippen molar-refractivity contribution in [3.8, 4) is 0 Å². The van der Waals surface area contributed by atoms with Gasteiger partial charge in [0, 0.05) is 37.1 Å². The van der Waals surface area contributed by atoms with Gasteiger partial charge >= 0.3 is 0 Å². The number of hydrogen-bond acceptors (Lipinski definition) is 3. The topological polar surface area (TPSA) is 58.4 Å². The van der Waals surface area contributed by atoms with Crippen LogP contribution in [0.5, 0.6) is 0 Å². The van der Waals surface area contributed by atoms with E-state index in [1.165, 1.54) is 12.8 Å². The van der Waals surface area contributed by atoms with Crippen molar-refractivity contribution in [2.45, 2.75) is 76.4 Å². The lowest BCUT2D eigenvalue weighted by atomic mass is 9.94. The molecule has 0 aromatic carbocycles. The molecule has 0 radical (unpaired) electrons. The summed E-state index contributed by atoms with van der Waals surface area (Å²) in [4.78, 5) is 14.6. The van der Waals surface area contributed by atoms with E-state index in [4.69, 9.17) is 5.73 Å². The van der Waals surface area contributed by atoms with E-state index in [2.05, 4.69) is 24.1 Å². The minimum absolute atomic E-state index is 0.160. The Morgan fingerprint density at radius 3 is 2.42 bits per heavy atom. The molecule has 1 aliphatic carbocycles. The summed E-state index contributed by atoms with van der Waals surface area (Å²) in [5.74, 6) is 0.160. The third kappa shape index (κ3) is 4.18. The van der Waals surface area contributed by atoms with Crippen LogP contribution in [-0.4, -0.2) is 41.5 Å². The summed E-state index contributed by atoms with van der Waals surface area (Å²) in [6.45, 7) is 6.65. The maximum Gasteiger partial charge on any atom is 0.222 e. The van der Waals surface area contributed by atoms with Crippen molar-refractivity contribution in [1.29, 1.82) is 0 Å². The van der Waals surface area contributed by atoms with Gasteiger partial charge in [-0.3, -0.25) is 4.79 Å². The molecule has 1 heterocycles. The average Bonchev–Trinajstić information content (AvgIpc) is 2.76. The van der Waals surface area contributed by atoms with Gasteiger partial charge in [0.15, 0.2) is 0 Å². The van der Waals surface area contributed by atoms with E-state index in [1.807, 2.05) is 0 Å². The van der Waals surface area contributed by atoms with Crippen molar-refractivity contribution in [3.05, 3.63) is 0 Å². The Labute approximate surface area is 117 Å². The van der Waals surface area contributed by atoms with Gasteiger partial charge in [-0.15, -0.1) is 0 Å². The molecule has 1 aliphatic heterocycles. The molecule has 19 heavy (non-hydrogen) atoms. The summed E-state index contributed by atoms with van der Waals surface area (Å²) < 4.78 is 0. The molecule has 0 atom stereocenters. The van der Waals surface area contributed by atoms with Crippen LogP contribution in [0.1, 0.15) is 58.8 Å². The number of nitrogens with two attached hydrogens (primary N) is 1. The van der Waals surface area contributed by atoms with Gasteiger partial charge in [0.1, 0.15) is 0 Å². The highest BCUT2D eigenvalue weighted by molar-refractivity contribution is 5.77. The van der Waals surface area contributed by atoms with Gasteiger partial charge < -0.3 is 16.0 Å². The molecule has 0 unspecified atom stereocenters. The van der Waals surface area contributed by atoms with Crippen LogP contribution in [0.2, 0.25) is 0 Å². The van der Waals surface area contributed by atoms with E-state index in [0.717, 1.165) is 38.8 Å². The van der Waals surface area contributed by atoms with Crippen molar-refractivity contribution in [2.75, 3.05) is 13.1 Å². The summed E-state index contributed by atoms with van der Waals surface area (Å²) in [6.07, 6.45) is 7.02. The van der Waals surface area contributed by atoms with Crippen molar-refractivity contribution in [3.63, 3.8) is 0 Å². The van der Waals surface area contributed by atoms with Crippen LogP contribution in [0.25, 0.3) is 0 Å².